The van der Waals surface area contributed by atoms with Crippen molar-refractivity contribution in [2.24, 2.45) is 0 Å². The number of aromatic nitrogens is 1. The van der Waals surface area contributed by atoms with Crippen LogP contribution < -0.4 is 10.1 Å². The summed E-state index contributed by atoms with van der Waals surface area (Å²) in [5.41, 5.74) is 0.0772. The molecule has 2 N–H and O–H groups in total. The summed E-state index contributed by atoms with van der Waals surface area (Å²) >= 11 is 0. The Morgan fingerprint density at radius 2 is 2.33 bits per heavy atom. The van der Waals surface area contributed by atoms with Crippen LogP contribution >= 0.6 is 0 Å². The Morgan fingerprint density at radius 1 is 1.53 bits per heavy atom. The van der Waals surface area contributed by atoms with Gasteiger partial charge in [0.05, 0.1) is 12.8 Å². The molecule has 0 aromatic carbocycles. The maximum absolute atomic E-state index is 10.1. The molecule has 0 saturated carbocycles. The summed E-state index contributed by atoms with van der Waals surface area (Å²) in [5, 5.41) is 13.1. The number of hydrogen-bond donors (Lipinski definition) is 2. The van der Waals surface area contributed by atoms with E-state index in [0.717, 1.165) is 17.7 Å². The summed E-state index contributed by atoms with van der Waals surface area (Å²) in [4.78, 5) is 4.07. The van der Waals surface area contributed by atoms with Crippen LogP contribution in [0.4, 0.5) is 0 Å². The lowest BCUT2D eigenvalue weighted by atomic mass is 9.89. The zero-order valence-corrected chi connectivity index (χ0v) is 8.86. The van der Waals surface area contributed by atoms with Crippen LogP contribution in [0.1, 0.15) is 18.9 Å². The molecule has 0 unspecified atom stereocenters. The van der Waals surface area contributed by atoms with Gasteiger partial charge in [0.15, 0.2) is 0 Å². The van der Waals surface area contributed by atoms with Crippen molar-refractivity contribution in [1.82, 2.24) is 10.3 Å². The number of hydrogen-bond acceptors (Lipinski definition) is 4. The predicted molar refractivity (Wildman–Crippen MR) is 56.8 cm³/mol. The average Bonchev–Trinajstić information content (AvgIpc) is 2.23. The molecule has 0 aliphatic carbocycles. The van der Waals surface area contributed by atoms with Gasteiger partial charge in [0.1, 0.15) is 11.4 Å². The van der Waals surface area contributed by atoms with Crippen molar-refractivity contribution < 1.29 is 9.84 Å². The first-order valence-electron chi connectivity index (χ1n) is 5.26. The van der Waals surface area contributed by atoms with Gasteiger partial charge in [0, 0.05) is 24.8 Å². The van der Waals surface area contributed by atoms with Gasteiger partial charge >= 0.3 is 0 Å². The molecule has 1 aromatic rings. The van der Waals surface area contributed by atoms with Crippen LogP contribution in [0.15, 0.2) is 18.5 Å². The Morgan fingerprint density at radius 3 is 2.93 bits per heavy atom. The Hall–Kier alpha value is -1.13. The molecular weight excluding hydrogens is 192 g/mol. The molecule has 2 rings (SSSR count). The number of nitrogens with zero attached hydrogens (tertiary/aromatic N) is 1. The lowest BCUT2D eigenvalue weighted by molar-refractivity contribution is -0.0151. The van der Waals surface area contributed by atoms with Crippen LogP contribution in [-0.4, -0.2) is 29.8 Å². The third-order valence-corrected chi connectivity index (χ3v) is 2.56. The zero-order chi connectivity index (χ0) is 10.7. The molecule has 0 spiro atoms. The third kappa shape index (κ3) is 2.11. The first-order chi connectivity index (χ1) is 7.24. The largest absolute Gasteiger partial charge is 0.492 e. The van der Waals surface area contributed by atoms with E-state index < -0.39 is 5.60 Å². The molecule has 1 fully saturated rings. The zero-order valence-electron chi connectivity index (χ0n) is 8.86. The molecule has 1 aliphatic heterocycles. The van der Waals surface area contributed by atoms with Crippen molar-refractivity contribution in [2.45, 2.75) is 18.9 Å². The van der Waals surface area contributed by atoms with Crippen LogP contribution in [0, 0.1) is 0 Å². The van der Waals surface area contributed by atoms with E-state index in [-0.39, 0.29) is 0 Å². The minimum absolute atomic E-state index is 0.589. The van der Waals surface area contributed by atoms with E-state index in [1.54, 1.807) is 12.4 Å². The second-order valence-corrected chi connectivity index (χ2v) is 3.89. The highest BCUT2D eigenvalue weighted by atomic mass is 16.5. The molecule has 0 radical (unpaired) electrons. The highest BCUT2D eigenvalue weighted by molar-refractivity contribution is 5.30. The fourth-order valence-electron chi connectivity index (χ4n) is 1.54. The minimum Gasteiger partial charge on any atom is -0.492 e. The van der Waals surface area contributed by atoms with Crippen molar-refractivity contribution in [3.63, 3.8) is 0 Å². The second-order valence-electron chi connectivity index (χ2n) is 3.89. The van der Waals surface area contributed by atoms with Crippen molar-refractivity contribution in [1.29, 1.82) is 0 Å². The molecule has 4 nitrogen and oxygen atoms in total. The Kier molecular flexibility index (Phi) is 2.88. The molecular formula is C11H16N2O2. The monoisotopic (exact) mass is 208 g/mol. The minimum atomic E-state index is -0.751. The van der Waals surface area contributed by atoms with E-state index >= 15 is 0 Å². The fraction of sp³-hybridized carbons (Fsp3) is 0.545. The van der Waals surface area contributed by atoms with Crippen LogP contribution in [-0.2, 0) is 5.60 Å². The quantitative estimate of drug-likeness (QED) is 0.763. The molecule has 2 heterocycles. The van der Waals surface area contributed by atoms with Gasteiger partial charge in [-0.2, -0.15) is 0 Å². The average molecular weight is 208 g/mol. The van der Waals surface area contributed by atoms with Gasteiger partial charge in [0.25, 0.3) is 0 Å². The van der Waals surface area contributed by atoms with Crippen molar-refractivity contribution in [3.8, 4) is 5.75 Å². The van der Waals surface area contributed by atoms with Gasteiger partial charge in [-0.1, -0.05) is 6.92 Å². The van der Waals surface area contributed by atoms with E-state index in [9.17, 15) is 5.11 Å². The maximum atomic E-state index is 10.1. The first kappa shape index (κ1) is 10.4. The molecule has 1 saturated heterocycles. The number of pyridine rings is 1. The summed E-state index contributed by atoms with van der Waals surface area (Å²) in [6.45, 7) is 3.92. The van der Waals surface area contributed by atoms with E-state index in [1.807, 2.05) is 6.07 Å². The molecule has 0 amide bonds. The normalized spacial score (nSPS) is 18.3. The molecule has 0 atom stereocenters. The number of nitrogens with one attached hydrogen (secondary N) is 1. The van der Waals surface area contributed by atoms with Crippen LogP contribution in [0.2, 0.25) is 0 Å². The Labute approximate surface area is 89.3 Å². The van der Waals surface area contributed by atoms with E-state index in [2.05, 4.69) is 17.2 Å². The highest BCUT2D eigenvalue weighted by Crippen LogP contribution is 2.26. The number of aliphatic hydroxyl groups is 1. The Balaban J connectivity index is 2.11. The first-order valence-corrected chi connectivity index (χ1v) is 5.26. The SMILES string of the molecule is CCCOc1cncc(C2(O)CNC2)c1. The smallest absolute Gasteiger partial charge is 0.137 e. The maximum Gasteiger partial charge on any atom is 0.137 e. The van der Waals surface area contributed by atoms with Gasteiger partial charge in [0.2, 0.25) is 0 Å². The summed E-state index contributed by atoms with van der Waals surface area (Å²) in [6.07, 6.45) is 4.34. The molecule has 82 valence electrons. The van der Waals surface area contributed by atoms with Gasteiger partial charge < -0.3 is 15.2 Å². The summed E-state index contributed by atoms with van der Waals surface area (Å²) in [7, 11) is 0. The van der Waals surface area contributed by atoms with Gasteiger partial charge in [-0.05, 0) is 12.5 Å². The highest BCUT2D eigenvalue weighted by Gasteiger charge is 2.36. The Bertz CT molecular complexity index is 337. The van der Waals surface area contributed by atoms with Crippen molar-refractivity contribution in [2.75, 3.05) is 19.7 Å². The van der Waals surface area contributed by atoms with Crippen LogP contribution in [0.5, 0.6) is 5.75 Å². The molecule has 15 heavy (non-hydrogen) atoms. The van der Waals surface area contributed by atoms with Crippen molar-refractivity contribution in [3.05, 3.63) is 24.0 Å². The predicted octanol–water partition coefficient (Wildman–Crippen LogP) is 0.661. The molecule has 0 bridgehead atoms. The van der Waals surface area contributed by atoms with Crippen molar-refractivity contribution >= 4 is 0 Å². The summed E-state index contributed by atoms with van der Waals surface area (Å²) < 4.78 is 5.47. The lowest BCUT2D eigenvalue weighted by Crippen LogP contribution is -2.56. The molecule has 4 heteroatoms. The van der Waals surface area contributed by atoms with Gasteiger partial charge in [-0.25, -0.2) is 0 Å². The molecule has 1 aromatic heterocycles. The number of β-amino-alcohol motifs (C(OH)–C–C–N with tert-alkyl or cyclic N) is 1. The van der Waals surface area contributed by atoms with Gasteiger partial charge in [-0.15, -0.1) is 0 Å². The summed E-state index contributed by atoms with van der Waals surface area (Å²) in [5.74, 6) is 0.731. The number of rotatable bonds is 4. The summed E-state index contributed by atoms with van der Waals surface area (Å²) in [6, 6.07) is 1.86. The third-order valence-electron chi connectivity index (χ3n) is 2.56. The standard InChI is InChI=1S/C11H16N2O2/c1-2-3-15-10-4-9(5-12-6-10)11(14)7-13-8-11/h4-6,13-14H,2-3,7-8H2,1H3. The fourth-order valence-corrected chi connectivity index (χ4v) is 1.54. The van der Waals surface area contributed by atoms with E-state index in [4.69, 9.17) is 4.74 Å². The molecule has 1 aliphatic rings. The number of ether oxygens (including phenoxy) is 1. The topological polar surface area (TPSA) is 54.4 Å². The van der Waals surface area contributed by atoms with E-state index in [1.165, 1.54) is 0 Å². The van der Waals surface area contributed by atoms with E-state index in [0.29, 0.717) is 19.7 Å². The van der Waals surface area contributed by atoms with Crippen LogP contribution in [0.25, 0.3) is 0 Å². The lowest BCUT2D eigenvalue weighted by Gasteiger charge is -2.37. The second kappa shape index (κ2) is 4.16. The van der Waals surface area contributed by atoms with Crippen LogP contribution in [0.3, 0.4) is 0 Å². The van der Waals surface area contributed by atoms with Gasteiger partial charge in [-0.3, -0.25) is 4.98 Å².